The number of nitrogens with two attached hydrogens (primary N) is 1. The molecule has 0 saturated carbocycles. The fourth-order valence-corrected chi connectivity index (χ4v) is 1.50. The number of aliphatic hydroxyl groups is 1. The van der Waals surface area contributed by atoms with Crippen molar-refractivity contribution in [3.8, 4) is 11.3 Å². The molecule has 0 radical (unpaired) electrons. The zero-order valence-corrected chi connectivity index (χ0v) is 10.5. The summed E-state index contributed by atoms with van der Waals surface area (Å²) in [5.74, 6) is 0. The summed E-state index contributed by atoms with van der Waals surface area (Å²) in [6, 6.07) is 7.35. The first-order valence-corrected chi connectivity index (χ1v) is 5.70. The van der Waals surface area contributed by atoms with E-state index in [0.29, 0.717) is 5.69 Å². The van der Waals surface area contributed by atoms with Crippen LogP contribution in [0.15, 0.2) is 30.5 Å². The molecule has 5 nitrogen and oxygen atoms in total. The summed E-state index contributed by atoms with van der Waals surface area (Å²) in [5, 5.41) is 17.2. The van der Waals surface area contributed by atoms with Crippen molar-refractivity contribution in [1.29, 1.82) is 0 Å². The topological polar surface area (TPSA) is 84.9 Å². The Morgan fingerprint density at radius 1 is 1.17 bits per heavy atom. The third-order valence-electron chi connectivity index (χ3n) is 2.61. The molecule has 2 rings (SSSR count). The number of rotatable bonds is 3. The van der Waals surface area contributed by atoms with Crippen molar-refractivity contribution in [3.05, 3.63) is 41.9 Å². The van der Waals surface area contributed by atoms with Crippen LogP contribution in [0.1, 0.15) is 25.2 Å². The molecule has 0 aliphatic rings. The van der Waals surface area contributed by atoms with Gasteiger partial charge in [-0.3, -0.25) is 4.98 Å². The molecule has 94 valence electrons. The summed E-state index contributed by atoms with van der Waals surface area (Å²) in [6.07, 6.45) is 1.67. The van der Waals surface area contributed by atoms with Gasteiger partial charge in [0.25, 0.3) is 0 Å². The van der Waals surface area contributed by atoms with Gasteiger partial charge in [0.05, 0.1) is 29.2 Å². The predicted molar refractivity (Wildman–Crippen MR) is 68.4 cm³/mol. The number of nitrogens with zero attached hydrogens (tertiary/aromatic N) is 3. The molecule has 0 unspecified atom stereocenters. The second-order valence-corrected chi connectivity index (χ2v) is 4.72. The number of pyridine rings is 1. The highest BCUT2D eigenvalue weighted by molar-refractivity contribution is 5.57. The Kier molecular flexibility index (Phi) is 3.36. The van der Waals surface area contributed by atoms with Crippen LogP contribution in [0.5, 0.6) is 0 Å². The second-order valence-electron chi connectivity index (χ2n) is 4.72. The van der Waals surface area contributed by atoms with Crippen LogP contribution < -0.4 is 5.73 Å². The van der Waals surface area contributed by atoms with Gasteiger partial charge < -0.3 is 10.8 Å². The third kappa shape index (κ3) is 2.69. The van der Waals surface area contributed by atoms with E-state index in [1.165, 1.54) is 0 Å². The molecule has 0 spiro atoms. The first-order valence-electron chi connectivity index (χ1n) is 5.70. The minimum Gasteiger partial charge on any atom is -0.390 e. The fraction of sp³-hybridized carbons (Fsp3) is 0.308. The molecule has 0 fully saturated rings. The van der Waals surface area contributed by atoms with Crippen molar-refractivity contribution in [1.82, 2.24) is 15.2 Å². The molecule has 0 aliphatic carbocycles. The van der Waals surface area contributed by atoms with Gasteiger partial charge in [-0.1, -0.05) is 0 Å². The Balaban J connectivity index is 2.28. The number of hydrogen-bond donors (Lipinski definition) is 2. The number of aliphatic hydroxyl groups excluding tert-OH is 1. The molecular weight excluding hydrogens is 228 g/mol. The Hall–Kier alpha value is -1.85. The molecule has 0 amide bonds. The zero-order valence-electron chi connectivity index (χ0n) is 10.5. The van der Waals surface area contributed by atoms with Crippen LogP contribution in [-0.4, -0.2) is 20.3 Å². The second kappa shape index (κ2) is 4.80. The molecule has 18 heavy (non-hydrogen) atoms. The van der Waals surface area contributed by atoms with Gasteiger partial charge >= 0.3 is 0 Å². The average molecular weight is 244 g/mol. The molecule has 3 N–H and O–H groups in total. The van der Waals surface area contributed by atoms with Crippen molar-refractivity contribution in [2.24, 2.45) is 5.73 Å². The van der Waals surface area contributed by atoms with E-state index in [-0.39, 0.29) is 6.61 Å². The van der Waals surface area contributed by atoms with Crippen molar-refractivity contribution < 1.29 is 5.11 Å². The summed E-state index contributed by atoms with van der Waals surface area (Å²) in [7, 11) is 0. The van der Waals surface area contributed by atoms with E-state index in [2.05, 4.69) is 15.2 Å². The van der Waals surface area contributed by atoms with Gasteiger partial charge in [0.2, 0.25) is 0 Å². The molecule has 2 aromatic heterocycles. The smallest absolute Gasteiger partial charge is 0.0945 e. The Morgan fingerprint density at radius 3 is 2.39 bits per heavy atom. The Bertz CT molecular complexity index is 514. The van der Waals surface area contributed by atoms with E-state index in [1.54, 1.807) is 12.3 Å². The van der Waals surface area contributed by atoms with Crippen molar-refractivity contribution in [3.63, 3.8) is 0 Å². The lowest BCUT2D eigenvalue weighted by atomic mass is 10.0. The van der Waals surface area contributed by atoms with Crippen molar-refractivity contribution in [2.75, 3.05) is 0 Å². The van der Waals surface area contributed by atoms with E-state index in [0.717, 1.165) is 17.0 Å². The molecular formula is C13H16N4O. The zero-order chi connectivity index (χ0) is 13.2. The van der Waals surface area contributed by atoms with Crippen LogP contribution >= 0.6 is 0 Å². The van der Waals surface area contributed by atoms with Crippen LogP contribution in [-0.2, 0) is 12.1 Å². The third-order valence-corrected chi connectivity index (χ3v) is 2.61. The number of aromatic nitrogens is 3. The average Bonchev–Trinajstić information content (AvgIpc) is 2.38. The summed E-state index contributed by atoms with van der Waals surface area (Å²) in [6.45, 7) is 3.70. The maximum Gasteiger partial charge on any atom is 0.0945 e. The predicted octanol–water partition coefficient (Wildman–Crippen LogP) is 1.22. The molecule has 2 heterocycles. The highest BCUT2D eigenvalue weighted by atomic mass is 16.3. The highest BCUT2D eigenvalue weighted by Gasteiger charge is 2.16. The fourth-order valence-electron chi connectivity index (χ4n) is 1.50. The lowest BCUT2D eigenvalue weighted by Crippen LogP contribution is -2.30. The van der Waals surface area contributed by atoms with Gasteiger partial charge in [-0.05, 0) is 38.1 Å². The van der Waals surface area contributed by atoms with E-state index >= 15 is 0 Å². The molecule has 0 bridgehead atoms. The van der Waals surface area contributed by atoms with Gasteiger partial charge in [-0.2, -0.15) is 10.2 Å². The van der Waals surface area contributed by atoms with E-state index in [9.17, 15) is 0 Å². The summed E-state index contributed by atoms with van der Waals surface area (Å²) in [4.78, 5) is 4.10. The van der Waals surface area contributed by atoms with Gasteiger partial charge in [0, 0.05) is 11.8 Å². The summed E-state index contributed by atoms with van der Waals surface area (Å²) in [5.41, 5.74) is 8.42. The lowest BCUT2D eigenvalue weighted by molar-refractivity contribution is 0.277. The van der Waals surface area contributed by atoms with Crippen molar-refractivity contribution >= 4 is 0 Å². The molecule has 0 aromatic carbocycles. The van der Waals surface area contributed by atoms with Gasteiger partial charge in [0.15, 0.2) is 0 Å². The molecule has 0 aliphatic heterocycles. The number of hydrogen-bond acceptors (Lipinski definition) is 5. The quantitative estimate of drug-likeness (QED) is 0.848. The van der Waals surface area contributed by atoms with E-state index in [1.807, 2.05) is 32.0 Å². The molecule has 0 atom stereocenters. The normalized spacial score (nSPS) is 11.6. The van der Waals surface area contributed by atoms with E-state index in [4.69, 9.17) is 10.8 Å². The minimum absolute atomic E-state index is 0.0632. The molecule has 5 heteroatoms. The van der Waals surface area contributed by atoms with Crippen LogP contribution in [0.4, 0.5) is 0 Å². The monoisotopic (exact) mass is 244 g/mol. The van der Waals surface area contributed by atoms with Gasteiger partial charge in [0.1, 0.15) is 0 Å². The summed E-state index contributed by atoms with van der Waals surface area (Å²) < 4.78 is 0. The van der Waals surface area contributed by atoms with Gasteiger partial charge in [-0.15, -0.1) is 0 Å². The van der Waals surface area contributed by atoms with Crippen LogP contribution in [0, 0.1) is 0 Å². The van der Waals surface area contributed by atoms with Crippen LogP contribution in [0.25, 0.3) is 11.3 Å². The maximum atomic E-state index is 8.92. The lowest BCUT2D eigenvalue weighted by Gasteiger charge is -2.16. The largest absolute Gasteiger partial charge is 0.390 e. The molecule has 2 aromatic rings. The first-order chi connectivity index (χ1) is 8.50. The van der Waals surface area contributed by atoms with E-state index < -0.39 is 5.54 Å². The standard InChI is InChI=1S/C13H16N4O/c1-13(2,14)12-6-5-11(16-17-12)9-3-4-10(8-18)15-7-9/h3-7,18H,8,14H2,1-2H3. The Morgan fingerprint density at radius 2 is 1.94 bits per heavy atom. The highest BCUT2D eigenvalue weighted by Crippen LogP contribution is 2.18. The maximum absolute atomic E-state index is 8.92. The molecule has 0 saturated heterocycles. The summed E-state index contributed by atoms with van der Waals surface area (Å²) >= 11 is 0. The van der Waals surface area contributed by atoms with Crippen LogP contribution in [0.2, 0.25) is 0 Å². The van der Waals surface area contributed by atoms with Crippen LogP contribution in [0.3, 0.4) is 0 Å². The Labute approximate surface area is 106 Å². The van der Waals surface area contributed by atoms with Crippen molar-refractivity contribution in [2.45, 2.75) is 26.0 Å². The van der Waals surface area contributed by atoms with Gasteiger partial charge in [-0.25, -0.2) is 0 Å². The first kappa shape index (κ1) is 12.6. The SMILES string of the molecule is CC(C)(N)c1ccc(-c2ccc(CO)nc2)nn1. The minimum atomic E-state index is -0.496.